The molecule has 1 aromatic rings. The van der Waals surface area contributed by atoms with Gasteiger partial charge in [0.2, 0.25) is 0 Å². The number of nitrogens with one attached hydrogen (secondary N) is 1. The van der Waals surface area contributed by atoms with Gasteiger partial charge in [0.25, 0.3) is 5.91 Å². The Morgan fingerprint density at radius 2 is 1.95 bits per heavy atom. The van der Waals surface area contributed by atoms with Crippen LogP contribution in [0.15, 0.2) is 18.2 Å². The van der Waals surface area contributed by atoms with Crippen molar-refractivity contribution in [3.8, 4) is 0 Å². The number of nitrogen functional groups attached to an aromatic ring is 1. The van der Waals surface area contributed by atoms with Crippen LogP contribution in [0.1, 0.15) is 37.7 Å². The number of carbonyl (C=O) groups is 2. The molecule has 1 spiro atoms. The Morgan fingerprint density at radius 3 is 2.62 bits per heavy atom. The Hall–Kier alpha value is -1.75. The van der Waals surface area contributed by atoms with Gasteiger partial charge in [-0.05, 0) is 30.5 Å². The van der Waals surface area contributed by atoms with Gasteiger partial charge in [-0.3, -0.25) is 9.69 Å². The van der Waals surface area contributed by atoms with E-state index in [-0.39, 0.29) is 18.5 Å². The summed E-state index contributed by atoms with van der Waals surface area (Å²) in [4.78, 5) is 26.1. The Labute approximate surface area is 128 Å². The maximum Gasteiger partial charge on any atom is 0.325 e. The molecule has 1 aliphatic heterocycles. The molecule has 6 heteroatoms. The first kappa shape index (κ1) is 14.2. The molecule has 5 nitrogen and oxygen atoms in total. The number of amides is 3. The van der Waals surface area contributed by atoms with Gasteiger partial charge < -0.3 is 11.1 Å². The zero-order valence-corrected chi connectivity index (χ0v) is 12.4. The minimum atomic E-state index is -0.673. The summed E-state index contributed by atoms with van der Waals surface area (Å²) < 4.78 is 0. The average molecular weight is 308 g/mol. The summed E-state index contributed by atoms with van der Waals surface area (Å²) in [5.41, 5.74) is 6.34. The van der Waals surface area contributed by atoms with Crippen molar-refractivity contribution >= 4 is 29.2 Å². The average Bonchev–Trinajstić information content (AvgIpc) is 2.68. The van der Waals surface area contributed by atoms with Crippen molar-refractivity contribution in [2.45, 2.75) is 44.2 Å². The number of anilines is 1. The molecule has 1 saturated carbocycles. The van der Waals surface area contributed by atoms with Gasteiger partial charge in [-0.15, -0.1) is 0 Å². The summed E-state index contributed by atoms with van der Waals surface area (Å²) in [6.45, 7) is 0.230. The number of nitrogens with two attached hydrogens (primary N) is 1. The molecule has 0 aromatic heterocycles. The zero-order chi connectivity index (χ0) is 15.0. The van der Waals surface area contributed by atoms with Crippen molar-refractivity contribution in [1.82, 2.24) is 10.2 Å². The van der Waals surface area contributed by atoms with E-state index in [4.69, 9.17) is 17.3 Å². The van der Waals surface area contributed by atoms with E-state index in [1.54, 1.807) is 18.2 Å². The predicted octanol–water partition coefficient (Wildman–Crippen LogP) is 2.68. The fraction of sp³-hybridized carbons (Fsp3) is 0.467. The normalized spacial score (nSPS) is 20.9. The fourth-order valence-corrected chi connectivity index (χ4v) is 3.31. The summed E-state index contributed by atoms with van der Waals surface area (Å²) in [5.74, 6) is -0.110. The lowest BCUT2D eigenvalue weighted by molar-refractivity contribution is -0.132. The van der Waals surface area contributed by atoms with Crippen LogP contribution in [0.25, 0.3) is 0 Å². The molecule has 1 aromatic carbocycles. The summed E-state index contributed by atoms with van der Waals surface area (Å²) in [7, 11) is 0. The first-order valence-corrected chi connectivity index (χ1v) is 7.58. The predicted molar refractivity (Wildman–Crippen MR) is 80.8 cm³/mol. The second-order valence-corrected chi connectivity index (χ2v) is 6.23. The molecule has 21 heavy (non-hydrogen) atoms. The van der Waals surface area contributed by atoms with Crippen molar-refractivity contribution in [1.29, 1.82) is 0 Å². The maximum absolute atomic E-state index is 12.6. The number of halogens is 1. The Kier molecular flexibility index (Phi) is 3.53. The SMILES string of the molecule is Nc1cc(CN2C(=O)NC3(CCCCC3)C2=O)ccc1Cl. The summed E-state index contributed by atoms with van der Waals surface area (Å²) >= 11 is 5.89. The fourth-order valence-electron chi connectivity index (χ4n) is 3.19. The molecule has 0 bridgehead atoms. The lowest BCUT2D eigenvalue weighted by atomic mass is 9.82. The number of rotatable bonds is 2. The highest BCUT2D eigenvalue weighted by Gasteiger charge is 2.51. The smallest absolute Gasteiger partial charge is 0.325 e. The van der Waals surface area contributed by atoms with E-state index in [0.29, 0.717) is 10.7 Å². The lowest BCUT2D eigenvalue weighted by Gasteiger charge is -2.30. The quantitative estimate of drug-likeness (QED) is 0.651. The first-order valence-electron chi connectivity index (χ1n) is 7.20. The third-order valence-corrected chi connectivity index (χ3v) is 4.70. The molecule has 2 aliphatic rings. The van der Waals surface area contributed by atoms with Crippen LogP contribution in [0.3, 0.4) is 0 Å². The molecule has 3 amide bonds. The Balaban J connectivity index is 1.80. The highest BCUT2D eigenvalue weighted by Crippen LogP contribution is 2.34. The summed E-state index contributed by atoms with van der Waals surface area (Å²) in [5, 5.41) is 3.37. The van der Waals surface area contributed by atoms with E-state index in [1.807, 2.05) is 0 Å². The third-order valence-electron chi connectivity index (χ3n) is 4.35. The van der Waals surface area contributed by atoms with Crippen molar-refractivity contribution in [3.05, 3.63) is 28.8 Å². The first-order chi connectivity index (χ1) is 10.0. The van der Waals surface area contributed by atoms with Crippen LogP contribution >= 0.6 is 11.6 Å². The second kappa shape index (κ2) is 5.22. The minimum absolute atomic E-state index is 0.110. The number of hydrogen-bond acceptors (Lipinski definition) is 3. The molecular weight excluding hydrogens is 290 g/mol. The van der Waals surface area contributed by atoms with Gasteiger partial charge >= 0.3 is 6.03 Å². The number of carbonyl (C=O) groups excluding carboxylic acids is 2. The lowest BCUT2D eigenvalue weighted by Crippen LogP contribution is -2.48. The molecule has 0 radical (unpaired) electrons. The van der Waals surface area contributed by atoms with Crippen LogP contribution in [0.5, 0.6) is 0 Å². The number of nitrogens with zero attached hydrogens (tertiary/aromatic N) is 1. The minimum Gasteiger partial charge on any atom is -0.398 e. The molecule has 2 fully saturated rings. The molecule has 3 N–H and O–H groups in total. The summed E-state index contributed by atoms with van der Waals surface area (Å²) in [6, 6.07) is 4.86. The molecule has 3 rings (SSSR count). The van der Waals surface area contributed by atoms with Crippen molar-refractivity contribution in [2.24, 2.45) is 0 Å². The van der Waals surface area contributed by atoms with Crippen LogP contribution < -0.4 is 11.1 Å². The van der Waals surface area contributed by atoms with Crippen LogP contribution in [0.2, 0.25) is 5.02 Å². The van der Waals surface area contributed by atoms with Gasteiger partial charge in [0.05, 0.1) is 17.3 Å². The number of imide groups is 1. The van der Waals surface area contributed by atoms with Crippen LogP contribution in [0, 0.1) is 0 Å². The van der Waals surface area contributed by atoms with Gasteiger partial charge in [0.15, 0.2) is 0 Å². The van der Waals surface area contributed by atoms with E-state index < -0.39 is 5.54 Å². The summed E-state index contributed by atoms with van der Waals surface area (Å²) in [6.07, 6.45) is 4.55. The molecular formula is C15H18ClN3O2. The van der Waals surface area contributed by atoms with Crippen LogP contribution in [-0.4, -0.2) is 22.4 Å². The monoisotopic (exact) mass is 307 g/mol. The molecule has 1 heterocycles. The van der Waals surface area contributed by atoms with E-state index in [2.05, 4.69) is 5.32 Å². The van der Waals surface area contributed by atoms with Gasteiger partial charge in [0.1, 0.15) is 5.54 Å². The molecule has 1 aliphatic carbocycles. The van der Waals surface area contributed by atoms with E-state index in [0.717, 1.165) is 37.7 Å². The number of hydrogen-bond donors (Lipinski definition) is 2. The standard InChI is InChI=1S/C15H18ClN3O2/c16-11-5-4-10(8-12(11)17)9-19-13(20)15(18-14(19)21)6-2-1-3-7-15/h4-5,8H,1-3,6-7,9,17H2,(H,18,21). The van der Waals surface area contributed by atoms with Gasteiger partial charge in [0, 0.05) is 0 Å². The maximum atomic E-state index is 12.6. The topological polar surface area (TPSA) is 75.4 Å². The van der Waals surface area contributed by atoms with Crippen LogP contribution in [-0.2, 0) is 11.3 Å². The number of urea groups is 1. The molecule has 1 saturated heterocycles. The van der Waals surface area contributed by atoms with Crippen molar-refractivity contribution < 1.29 is 9.59 Å². The van der Waals surface area contributed by atoms with Gasteiger partial charge in [-0.1, -0.05) is 36.9 Å². The van der Waals surface area contributed by atoms with E-state index in [1.165, 1.54) is 4.90 Å². The largest absolute Gasteiger partial charge is 0.398 e. The Morgan fingerprint density at radius 1 is 1.24 bits per heavy atom. The second-order valence-electron chi connectivity index (χ2n) is 5.82. The zero-order valence-electron chi connectivity index (χ0n) is 11.7. The van der Waals surface area contributed by atoms with Crippen LogP contribution in [0.4, 0.5) is 10.5 Å². The van der Waals surface area contributed by atoms with E-state index in [9.17, 15) is 9.59 Å². The van der Waals surface area contributed by atoms with Gasteiger partial charge in [-0.2, -0.15) is 0 Å². The molecule has 0 atom stereocenters. The van der Waals surface area contributed by atoms with Crippen molar-refractivity contribution in [3.63, 3.8) is 0 Å². The van der Waals surface area contributed by atoms with E-state index >= 15 is 0 Å². The molecule has 0 unspecified atom stereocenters. The van der Waals surface area contributed by atoms with Gasteiger partial charge in [-0.25, -0.2) is 4.79 Å². The number of benzene rings is 1. The Bertz CT molecular complexity index is 597. The highest BCUT2D eigenvalue weighted by molar-refractivity contribution is 6.33. The highest BCUT2D eigenvalue weighted by atomic mass is 35.5. The van der Waals surface area contributed by atoms with Crippen molar-refractivity contribution in [2.75, 3.05) is 5.73 Å². The molecule has 112 valence electrons. The third kappa shape index (κ3) is 2.46.